The fourth-order valence-electron chi connectivity index (χ4n) is 4.33. The van der Waals surface area contributed by atoms with Crippen LogP contribution in [0.4, 0.5) is 4.79 Å². The van der Waals surface area contributed by atoms with Crippen molar-refractivity contribution >= 4 is 39.3 Å². The highest BCUT2D eigenvalue weighted by molar-refractivity contribution is 9.10. The topological polar surface area (TPSA) is 87.3 Å². The van der Waals surface area contributed by atoms with Crippen LogP contribution in [0, 0.1) is 11.3 Å². The third-order valence-corrected chi connectivity index (χ3v) is 6.63. The minimum Gasteiger partial charge on any atom is -0.453 e. The number of nitrogens with one attached hydrogen (secondary N) is 2. The maximum absolute atomic E-state index is 12.1. The molecule has 1 amide bonds. The number of ether oxygens (including phenoxy) is 1. The van der Waals surface area contributed by atoms with Gasteiger partial charge in [-0.05, 0) is 48.8 Å². The van der Waals surface area contributed by atoms with Crippen LogP contribution in [0.25, 0.3) is 11.0 Å². The lowest BCUT2D eigenvalue weighted by atomic mass is 10.0. The number of imidazole rings is 1. The SMILES string of the molecule is COC(=O)NCC(C)C(C=O)N1CC2(CC2)CC1c1nc2ccc(Br)cc2[nH]1. The van der Waals surface area contributed by atoms with Crippen LogP contribution in [0.15, 0.2) is 22.7 Å². The van der Waals surface area contributed by atoms with Crippen LogP contribution >= 0.6 is 15.9 Å². The van der Waals surface area contributed by atoms with Crippen molar-refractivity contribution in [2.75, 3.05) is 20.2 Å². The van der Waals surface area contributed by atoms with E-state index in [-0.39, 0.29) is 18.0 Å². The predicted octanol–water partition coefficient (Wildman–Crippen LogP) is 3.41. The van der Waals surface area contributed by atoms with Crippen LogP contribution in [-0.2, 0) is 9.53 Å². The van der Waals surface area contributed by atoms with E-state index in [2.05, 4.69) is 35.9 Å². The quantitative estimate of drug-likeness (QED) is 0.661. The second-order valence-corrected chi connectivity index (χ2v) is 9.07. The van der Waals surface area contributed by atoms with E-state index in [1.165, 1.54) is 20.0 Å². The molecule has 28 heavy (non-hydrogen) atoms. The molecular weight excluding hydrogens is 424 g/mol. The van der Waals surface area contributed by atoms with Crippen LogP contribution in [-0.4, -0.2) is 53.5 Å². The number of likely N-dealkylation sites (tertiary alicyclic amines) is 1. The van der Waals surface area contributed by atoms with Gasteiger partial charge in [-0.3, -0.25) is 4.90 Å². The average molecular weight is 449 g/mol. The number of nitrogens with zero attached hydrogens (tertiary/aromatic N) is 2. The number of rotatable bonds is 6. The number of aldehydes is 1. The van der Waals surface area contributed by atoms with Crippen LogP contribution < -0.4 is 5.32 Å². The molecule has 4 rings (SSSR count). The van der Waals surface area contributed by atoms with Crippen LogP contribution in [0.2, 0.25) is 0 Å². The minimum atomic E-state index is -0.476. The largest absolute Gasteiger partial charge is 0.453 e. The van der Waals surface area contributed by atoms with Crippen molar-refractivity contribution in [3.8, 4) is 0 Å². The molecule has 2 aromatic rings. The Kier molecular flexibility index (Phi) is 5.18. The van der Waals surface area contributed by atoms with Gasteiger partial charge in [0.15, 0.2) is 0 Å². The van der Waals surface area contributed by atoms with E-state index >= 15 is 0 Å². The summed E-state index contributed by atoms with van der Waals surface area (Å²) >= 11 is 3.50. The average Bonchev–Trinajstić information content (AvgIpc) is 3.14. The van der Waals surface area contributed by atoms with Gasteiger partial charge in [-0.15, -0.1) is 0 Å². The summed E-state index contributed by atoms with van der Waals surface area (Å²) in [5.41, 5.74) is 2.23. The Morgan fingerprint density at radius 1 is 1.54 bits per heavy atom. The number of carbonyl (C=O) groups excluding carboxylic acids is 2. The molecule has 7 nitrogen and oxygen atoms in total. The number of amides is 1. The summed E-state index contributed by atoms with van der Waals surface area (Å²) in [6, 6.07) is 5.78. The van der Waals surface area contributed by atoms with Gasteiger partial charge in [-0.2, -0.15) is 0 Å². The van der Waals surface area contributed by atoms with Crippen molar-refractivity contribution in [2.24, 2.45) is 11.3 Å². The molecular formula is C20H25BrN4O3. The summed E-state index contributed by atoms with van der Waals surface area (Å²) < 4.78 is 5.65. The fourth-order valence-corrected chi connectivity index (χ4v) is 4.69. The first kappa shape index (κ1) is 19.4. The van der Waals surface area contributed by atoms with E-state index < -0.39 is 6.09 Å². The monoisotopic (exact) mass is 448 g/mol. The van der Waals surface area contributed by atoms with Gasteiger partial charge in [0, 0.05) is 17.6 Å². The number of fused-ring (bicyclic) bond motifs is 1. The van der Waals surface area contributed by atoms with E-state index in [0.29, 0.717) is 12.0 Å². The van der Waals surface area contributed by atoms with Crippen molar-refractivity contribution in [3.05, 3.63) is 28.5 Å². The van der Waals surface area contributed by atoms with Crippen molar-refractivity contribution < 1.29 is 14.3 Å². The van der Waals surface area contributed by atoms with Gasteiger partial charge in [-0.25, -0.2) is 9.78 Å². The smallest absolute Gasteiger partial charge is 0.406 e. The van der Waals surface area contributed by atoms with E-state index in [1.54, 1.807) is 0 Å². The van der Waals surface area contributed by atoms with E-state index in [1.807, 2.05) is 25.1 Å². The Morgan fingerprint density at radius 3 is 3.00 bits per heavy atom. The Balaban J connectivity index is 1.59. The molecule has 1 saturated heterocycles. The highest BCUT2D eigenvalue weighted by Crippen LogP contribution is 2.59. The Labute approximate surface area is 172 Å². The van der Waals surface area contributed by atoms with E-state index in [9.17, 15) is 9.59 Å². The zero-order valence-electron chi connectivity index (χ0n) is 16.1. The van der Waals surface area contributed by atoms with Gasteiger partial charge in [0.05, 0.1) is 30.2 Å². The Morgan fingerprint density at radius 2 is 2.32 bits per heavy atom. The van der Waals surface area contributed by atoms with Crippen LogP contribution in [0.5, 0.6) is 0 Å². The number of hydrogen-bond donors (Lipinski definition) is 2. The molecule has 1 aliphatic heterocycles. The van der Waals surface area contributed by atoms with E-state index in [0.717, 1.165) is 40.6 Å². The van der Waals surface area contributed by atoms with Gasteiger partial charge < -0.3 is 19.8 Å². The van der Waals surface area contributed by atoms with E-state index in [4.69, 9.17) is 4.98 Å². The van der Waals surface area contributed by atoms with Crippen molar-refractivity contribution in [1.82, 2.24) is 20.2 Å². The lowest BCUT2D eigenvalue weighted by molar-refractivity contribution is -0.114. The van der Waals surface area contributed by atoms with Gasteiger partial charge in [0.2, 0.25) is 0 Å². The number of methoxy groups -OCH3 is 1. The second-order valence-electron chi connectivity index (χ2n) is 8.15. The normalized spacial score (nSPS) is 22.9. The number of carbonyl (C=O) groups is 2. The van der Waals surface area contributed by atoms with Gasteiger partial charge in [0.25, 0.3) is 0 Å². The highest BCUT2D eigenvalue weighted by atomic mass is 79.9. The maximum atomic E-state index is 12.1. The minimum absolute atomic E-state index is 0.0356. The molecule has 0 bridgehead atoms. The first-order valence-corrected chi connectivity index (χ1v) is 10.4. The zero-order chi connectivity index (χ0) is 19.9. The first-order chi connectivity index (χ1) is 13.4. The lowest BCUT2D eigenvalue weighted by Crippen LogP contribution is -2.45. The molecule has 3 atom stereocenters. The van der Waals surface area contributed by atoms with Gasteiger partial charge in [-0.1, -0.05) is 22.9 Å². The molecule has 3 unspecified atom stereocenters. The van der Waals surface area contributed by atoms with Gasteiger partial charge in [0.1, 0.15) is 12.1 Å². The number of benzene rings is 1. The maximum Gasteiger partial charge on any atom is 0.406 e. The third-order valence-electron chi connectivity index (χ3n) is 6.14. The summed E-state index contributed by atoms with van der Waals surface area (Å²) in [6.07, 6.45) is 3.95. The first-order valence-electron chi connectivity index (χ1n) is 9.63. The Bertz CT molecular complexity index is 895. The molecule has 1 saturated carbocycles. The van der Waals surface area contributed by atoms with Crippen molar-refractivity contribution in [3.63, 3.8) is 0 Å². The number of H-pyrrole nitrogens is 1. The number of aromatic nitrogens is 2. The van der Waals surface area contributed by atoms with Crippen LogP contribution in [0.1, 0.15) is 38.1 Å². The molecule has 1 aromatic carbocycles. The molecule has 2 N–H and O–H groups in total. The molecule has 1 spiro atoms. The molecule has 0 radical (unpaired) electrons. The summed E-state index contributed by atoms with van der Waals surface area (Å²) in [6.45, 7) is 3.27. The van der Waals surface area contributed by atoms with Crippen molar-refractivity contribution in [1.29, 1.82) is 0 Å². The number of halogens is 1. The molecule has 1 aromatic heterocycles. The summed E-state index contributed by atoms with van der Waals surface area (Å²) in [7, 11) is 1.34. The number of aromatic amines is 1. The number of hydrogen-bond acceptors (Lipinski definition) is 5. The predicted molar refractivity (Wildman–Crippen MR) is 109 cm³/mol. The summed E-state index contributed by atoms with van der Waals surface area (Å²) in [5.74, 6) is 0.878. The zero-order valence-corrected chi connectivity index (χ0v) is 17.7. The third kappa shape index (κ3) is 3.67. The van der Waals surface area contributed by atoms with Crippen LogP contribution in [0.3, 0.4) is 0 Å². The Hall–Kier alpha value is -1.93. The standard InChI is InChI=1S/C20H25BrN4O3/c1-12(9-22-19(27)28-2)17(10-26)25-11-20(5-6-20)8-16(25)18-23-14-4-3-13(21)7-15(14)24-18/h3-4,7,10,12,16-17H,5-6,8-9,11H2,1-2H3,(H,22,27)(H,23,24). The molecule has 2 aliphatic rings. The fraction of sp³-hybridized carbons (Fsp3) is 0.550. The molecule has 1 aliphatic carbocycles. The number of alkyl carbamates (subject to hydrolysis) is 1. The molecule has 8 heteroatoms. The summed E-state index contributed by atoms with van der Waals surface area (Å²) in [5, 5.41) is 2.71. The second kappa shape index (κ2) is 7.48. The molecule has 2 heterocycles. The lowest BCUT2D eigenvalue weighted by Gasteiger charge is -2.32. The van der Waals surface area contributed by atoms with Crippen molar-refractivity contribution in [2.45, 2.75) is 38.3 Å². The molecule has 2 fully saturated rings. The highest BCUT2D eigenvalue weighted by Gasteiger charge is 2.54. The molecule has 150 valence electrons. The van der Waals surface area contributed by atoms with Gasteiger partial charge >= 0.3 is 6.09 Å². The summed E-state index contributed by atoms with van der Waals surface area (Å²) in [4.78, 5) is 34.0.